The maximum absolute atomic E-state index is 10.3. The van der Waals surface area contributed by atoms with Gasteiger partial charge in [-0.1, -0.05) is 23.2 Å². The van der Waals surface area contributed by atoms with Gasteiger partial charge in [-0.05, 0) is 18.6 Å². The molecule has 0 amide bonds. The molecule has 0 aromatic heterocycles. The van der Waals surface area contributed by atoms with E-state index in [1.807, 2.05) is 0 Å². The molecule has 6 heteroatoms. The van der Waals surface area contributed by atoms with Crippen LogP contribution in [0.1, 0.15) is 5.56 Å². The Hall–Kier alpha value is -0.290. The topological polar surface area (TPSA) is 46.5 Å². The molecule has 3 nitrogen and oxygen atoms in total. The zero-order chi connectivity index (χ0) is 10.0. The quantitative estimate of drug-likeness (QED) is 0.810. The molecule has 1 rings (SSSR count). The van der Waals surface area contributed by atoms with Gasteiger partial charge in [0.25, 0.3) is 0 Å². The standard InChI is InChI=1S/C7H6Cl2O3S/c1-4-2-6(9)7(3-5(4)8)12-13(10)11/h2-3H,1H3,(H,10,11). The fourth-order valence-electron chi connectivity index (χ4n) is 0.769. The van der Waals surface area contributed by atoms with Crippen molar-refractivity contribution in [2.45, 2.75) is 6.92 Å². The smallest absolute Gasteiger partial charge is 0.357 e. The molecular formula is C7H6Cl2O3S. The summed E-state index contributed by atoms with van der Waals surface area (Å²) in [5, 5.41) is 0.689. The number of hydrogen-bond acceptors (Lipinski definition) is 2. The molecule has 0 aliphatic carbocycles. The highest BCUT2D eigenvalue weighted by Gasteiger charge is 2.07. The third-order valence-electron chi connectivity index (χ3n) is 1.37. The Bertz CT molecular complexity index is 354. The van der Waals surface area contributed by atoms with Crippen LogP contribution in [0, 0.1) is 6.92 Å². The molecule has 1 unspecified atom stereocenters. The van der Waals surface area contributed by atoms with Crippen molar-refractivity contribution in [1.82, 2.24) is 0 Å². The normalized spacial score (nSPS) is 12.6. The van der Waals surface area contributed by atoms with E-state index < -0.39 is 11.4 Å². The lowest BCUT2D eigenvalue weighted by atomic mass is 10.2. The van der Waals surface area contributed by atoms with E-state index in [-0.39, 0.29) is 10.8 Å². The minimum atomic E-state index is -2.38. The van der Waals surface area contributed by atoms with Crippen molar-refractivity contribution in [2.75, 3.05) is 0 Å². The summed E-state index contributed by atoms with van der Waals surface area (Å²) in [5.41, 5.74) is 0.780. The maximum atomic E-state index is 10.3. The summed E-state index contributed by atoms with van der Waals surface area (Å²) in [6.45, 7) is 1.77. The largest absolute Gasteiger partial charge is 0.378 e. The van der Waals surface area contributed by atoms with E-state index in [1.54, 1.807) is 13.0 Å². The van der Waals surface area contributed by atoms with E-state index in [0.29, 0.717) is 5.02 Å². The fraction of sp³-hybridized carbons (Fsp3) is 0.143. The van der Waals surface area contributed by atoms with Crippen LogP contribution in [0.4, 0.5) is 0 Å². The van der Waals surface area contributed by atoms with Crippen LogP contribution in [0.15, 0.2) is 12.1 Å². The predicted molar refractivity (Wildman–Crippen MR) is 52.6 cm³/mol. The van der Waals surface area contributed by atoms with Gasteiger partial charge in [0, 0.05) is 11.1 Å². The highest BCUT2D eigenvalue weighted by molar-refractivity contribution is 7.74. The van der Waals surface area contributed by atoms with Gasteiger partial charge in [-0.2, -0.15) is 4.21 Å². The van der Waals surface area contributed by atoms with E-state index in [4.69, 9.17) is 27.8 Å². The van der Waals surface area contributed by atoms with E-state index >= 15 is 0 Å². The zero-order valence-corrected chi connectivity index (χ0v) is 8.91. The van der Waals surface area contributed by atoms with Crippen molar-refractivity contribution in [1.29, 1.82) is 0 Å². The first-order valence-corrected chi connectivity index (χ1v) is 5.04. The first kappa shape index (κ1) is 10.8. The van der Waals surface area contributed by atoms with Gasteiger partial charge >= 0.3 is 11.4 Å². The lowest BCUT2D eigenvalue weighted by molar-refractivity contribution is 0.458. The summed E-state index contributed by atoms with van der Waals surface area (Å²) in [6, 6.07) is 2.96. The molecule has 0 spiro atoms. The van der Waals surface area contributed by atoms with Crippen LogP contribution in [-0.4, -0.2) is 8.76 Å². The molecule has 0 aliphatic rings. The Balaban J connectivity index is 3.08. The van der Waals surface area contributed by atoms with Crippen LogP contribution in [-0.2, 0) is 11.4 Å². The Labute approximate surface area is 88.1 Å². The number of hydrogen-bond donors (Lipinski definition) is 1. The van der Waals surface area contributed by atoms with Gasteiger partial charge in [-0.25, -0.2) is 0 Å². The second kappa shape index (κ2) is 4.28. The van der Waals surface area contributed by atoms with E-state index in [1.165, 1.54) is 6.07 Å². The van der Waals surface area contributed by atoms with Crippen molar-refractivity contribution in [3.05, 3.63) is 27.7 Å². The number of halogens is 2. The highest BCUT2D eigenvalue weighted by Crippen LogP contribution is 2.30. The molecule has 0 heterocycles. The van der Waals surface area contributed by atoms with Gasteiger partial charge in [0.05, 0.1) is 5.02 Å². The Morgan fingerprint density at radius 1 is 1.38 bits per heavy atom. The lowest BCUT2D eigenvalue weighted by Crippen LogP contribution is -1.98. The summed E-state index contributed by atoms with van der Waals surface area (Å²) in [5.74, 6) is 0.0955. The first-order chi connectivity index (χ1) is 6.00. The summed E-state index contributed by atoms with van der Waals surface area (Å²) in [7, 11) is 0. The monoisotopic (exact) mass is 240 g/mol. The first-order valence-electron chi connectivity index (χ1n) is 3.25. The van der Waals surface area contributed by atoms with Gasteiger partial charge in [0.1, 0.15) is 0 Å². The van der Waals surface area contributed by atoms with Crippen LogP contribution in [0.3, 0.4) is 0 Å². The van der Waals surface area contributed by atoms with Crippen LogP contribution < -0.4 is 4.18 Å². The van der Waals surface area contributed by atoms with Gasteiger partial charge in [-0.15, -0.1) is 0 Å². The molecule has 72 valence electrons. The molecule has 0 aliphatic heterocycles. The minimum Gasteiger partial charge on any atom is -0.378 e. The summed E-state index contributed by atoms with van der Waals surface area (Å²) < 4.78 is 23.2. The molecular weight excluding hydrogens is 235 g/mol. The highest BCUT2D eigenvalue weighted by atomic mass is 35.5. The molecule has 0 bridgehead atoms. The van der Waals surface area contributed by atoms with Crippen LogP contribution in [0.5, 0.6) is 5.75 Å². The number of rotatable bonds is 2. The Morgan fingerprint density at radius 3 is 2.54 bits per heavy atom. The Morgan fingerprint density at radius 2 is 2.00 bits per heavy atom. The third-order valence-corrected chi connectivity index (χ3v) is 2.40. The molecule has 0 radical (unpaired) electrons. The maximum Gasteiger partial charge on any atom is 0.357 e. The van der Waals surface area contributed by atoms with Crippen molar-refractivity contribution in [3.63, 3.8) is 0 Å². The second-order valence-electron chi connectivity index (χ2n) is 2.33. The predicted octanol–water partition coefficient (Wildman–Crippen LogP) is 2.82. The lowest BCUT2D eigenvalue weighted by Gasteiger charge is -2.04. The average molecular weight is 241 g/mol. The number of benzene rings is 1. The van der Waals surface area contributed by atoms with E-state index in [0.717, 1.165) is 5.56 Å². The van der Waals surface area contributed by atoms with Crippen molar-refractivity contribution < 1.29 is 12.9 Å². The molecule has 13 heavy (non-hydrogen) atoms. The minimum absolute atomic E-state index is 0.0955. The second-order valence-corrected chi connectivity index (χ2v) is 3.75. The van der Waals surface area contributed by atoms with E-state index in [2.05, 4.69) is 4.18 Å². The average Bonchev–Trinajstić information content (AvgIpc) is 1.99. The SMILES string of the molecule is Cc1cc(Cl)c(OS(=O)O)cc1Cl. The Kier molecular flexibility index (Phi) is 3.55. The van der Waals surface area contributed by atoms with Crippen LogP contribution in [0.25, 0.3) is 0 Å². The molecule has 0 saturated heterocycles. The zero-order valence-electron chi connectivity index (χ0n) is 6.58. The summed E-state index contributed by atoms with van der Waals surface area (Å²) in [6.07, 6.45) is 0. The molecule has 1 atom stereocenters. The molecule has 0 fully saturated rings. The van der Waals surface area contributed by atoms with Crippen molar-refractivity contribution >= 4 is 34.6 Å². The van der Waals surface area contributed by atoms with Crippen LogP contribution >= 0.6 is 23.2 Å². The van der Waals surface area contributed by atoms with Gasteiger partial charge in [0.2, 0.25) is 0 Å². The van der Waals surface area contributed by atoms with Crippen LogP contribution in [0.2, 0.25) is 10.0 Å². The molecule has 1 aromatic rings. The number of aryl methyl sites for hydroxylation is 1. The summed E-state index contributed by atoms with van der Waals surface area (Å²) in [4.78, 5) is 0. The van der Waals surface area contributed by atoms with Gasteiger partial charge in [0.15, 0.2) is 5.75 Å². The van der Waals surface area contributed by atoms with Crippen molar-refractivity contribution in [3.8, 4) is 5.75 Å². The van der Waals surface area contributed by atoms with E-state index in [9.17, 15) is 4.21 Å². The third kappa shape index (κ3) is 2.84. The molecule has 0 saturated carbocycles. The molecule has 1 aromatic carbocycles. The summed E-state index contributed by atoms with van der Waals surface area (Å²) >= 11 is 9.08. The van der Waals surface area contributed by atoms with Gasteiger partial charge < -0.3 is 4.18 Å². The fourth-order valence-corrected chi connectivity index (χ4v) is 1.52. The van der Waals surface area contributed by atoms with Gasteiger partial charge in [-0.3, -0.25) is 4.55 Å². The van der Waals surface area contributed by atoms with Crippen molar-refractivity contribution in [2.24, 2.45) is 0 Å². The molecule has 1 N–H and O–H groups in total.